The van der Waals surface area contributed by atoms with Crippen molar-refractivity contribution in [2.24, 2.45) is 0 Å². The van der Waals surface area contributed by atoms with Gasteiger partial charge in [-0.3, -0.25) is 9.69 Å². The van der Waals surface area contributed by atoms with Crippen LogP contribution >= 0.6 is 23.1 Å². The van der Waals surface area contributed by atoms with Gasteiger partial charge in [-0.25, -0.2) is 4.98 Å². The predicted octanol–water partition coefficient (Wildman–Crippen LogP) is 2.88. The van der Waals surface area contributed by atoms with Gasteiger partial charge in [0.2, 0.25) is 0 Å². The number of esters is 1. The van der Waals surface area contributed by atoms with Crippen molar-refractivity contribution < 1.29 is 13.9 Å². The quantitative estimate of drug-likeness (QED) is 0.782. The molecule has 0 amide bonds. The Morgan fingerprint density at radius 2 is 2.50 bits per heavy atom. The van der Waals surface area contributed by atoms with Crippen molar-refractivity contribution in [1.29, 1.82) is 0 Å². The van der Waals surface area contributed by atoms with Crippen LogP contribution in [0.5, 0.6) is 0 Å². The van der Waals surface area contributed by atoms with Crippen LogP contribution in [0.2, 0.25) is 0 Å². The van der Waals surface area contributed by atoms with E-state index in [0.717, 1.165) is 40.9 Å². The number of hydrogen-bond acceptors (Lipinski definition) is 7. The van der Waals surface area contributed by atoms with Gasteiger partial charge < -0.3 is 9.15 Å². The number of aromatic nitrogens is 1. The molecule has 0 radical (unpaired) electrons. The number of methoxy groups -OCH3 is 1. The molecule has 5 nitrogen and oxygen atoms in total. The highest BCUT2D eigenvalue weighted by molar-refractivity contribution is 7.99. The van der Waals surface area contributed by atoms with Crippen molar-refractivity contribution in [2.75, 3.05) is 25.2 Å². The van der Waals surface area contributed by atoms with Crippen LogP contribution in [0.3, 0.4) is 0 Å². The molecule has 0 aromatic carbocycles. The van der Waals surface area contributed by atoms with E-state index in [1.54, 1.807) is 23.9 Å². The van der Waals surface area contributed by atoms with E-state index in [4.69, 9.17) is 9.15 Å². The minimum Gasteiger partial charge on any atom is -0.472 e. The van der Waals surface area contributed by atoms with Gasteiger partial charge >= 0.3 is 5.97 Å². The van der Waals surface area contributed by atoms with E-state index in [2.05, 4.69) is 15.3 Å². The van der Waals surface area contributed by atoms with Gasteiger partial charge in [-0.05, 0) is 6.07 Å². The van der Waals surface area contributed by atoms with E-state index in [0.29, 0.717) is 6.42 Å². The number of furan rings is 1. The summed E-state index contributed by atoms with van der Waals surface area (Å²) in [6, 6.07) is 2.14. The summed E-state index contributed by atoms with van der Waals surface area (Å²) in [7, 11) is 1.44. The zero-order chi connectivity index (χ0) is 15.4. The van der Waals surface area contributed by atoms with Gasteiger partial charge in [-0.15, -0.1) is 11.3 Å². The molecule has 118 valence electrons. The predicted molar refractivity (Wildman–Crippen MR) is 88.0 cm³/mol. The second-order valence-corrected chi connectivity index (χ2v) is 7.14. The molecule has 1 aliphatic rings. The topological polar surface area (TPSA) is 55.6 Å². The van der Waals surface area contributed by atoms with E-state index >= 15 is 0 Å². The number of carbonyl (C=O) groups excluding carboxylic acids is 1. The average molecular weight is 338 g/mol. The summed E-state index contributed by atoms with van der Waals surface area (Å²) >= 11 is 3.51. The third-order valence-electron chi connectivity index (χ3n) is 3.66. The Labute approximate surface area is 137 Å². The minimum atomic E-state index is -0.144. The molecule has 0 bridgehead atoms. The van der Waals surface area contributed by atoms with Crippen LogP contribution in [0.4, 0.5) is 0 Å². The largest absolute Gasteiger partial charge is 0.472 e. The van der Waals surface area contributed by atoms with Gasteiger partial charge in [0.15, 0.2) is 0 Å². The molecule has 1 fully saturated rings. The van der Waals surface area contributed by atoms with E-state index in [-0.39, 0.29) is 12.0 Å². The zero-order valence-electron chi connectivity index (χ0n) is 12.4. The van der Waals surface area contributed by atoms with Crippen molar-refractivity contribution in [3.05, 3.63) is 29.7 Å². The summed E-state index contributed by atoms with van der Waals surface area (Å²) < 4.78 is 9.91. The summed E-state index contributed by atoms with van der Waals surface area (Å²) in [4.78, 5) is 18.6. The number of thioether (sulfide) groups is 1. The first-order valence-electron chi connectivity index (χ1n) is 7.12. The van der Waals surface area contributed by atoms with E-state index in [1.165, 1.54) is 7.11 Å². The molecule has 3 heterocycles. The lowest BCUT2D eigenvalue weighted by Gasteiger charge is -2.34. The zero-order valence-corrected chi connectivity index (χ0v) is 14.0. The van der Waals surface area contributed by atoms with Crippen LogP contribution in [0.25, 0.3) is 10.6 Å². The molecule has 1 saturated heterocycles. The van der Waals surface area contributed by atoms with Crippen LogP contribution in [0.1, 0.15) is 12.1 Å². The van der Waals surface area contributed by atoms with Gasteiger partial charge in [0.1, 0.15) is 11.3 Å². The Morgan fingerprint density at radius 1 is 1.59 bits per heavy atom. The molecule has 3 rings (SSSR count). The Kier molecular flexibility index (Phi) is 5.17. The first kappa shape index (κ1) is 15.6. The molecule has 0 saturated carbocycles. The summed E-state index contributed by atoms with van der Waals surface area (Å²) in [5, 5.41) is 3.05. The molecule has 22 heavy (non-hydrogen) atoms. The Balaban J connectivity index is 1.66. The monoisotopic (exact) mass is 338 g/mol. The van der Waals surface area contributed by atoms with Crippen LogP contribution in [0, 0.1) is 0 Å². The standard InChI is InChI=1S/C15H18N2O3S2/c1-19-14(18)6-13-10-21-5-3-17(13)7-12-9-22-15(16-12)11-2-4-20-8-11/h2,4,8-9,13H,3,5-7,10H2,1H3. The minimum absolute atomic E-state index is 0.144. The molecule has 0 N–H and O–H groups in total. The molecular weight excluding hydrogens is 320 g/mol. The molecule has 1 unspecified atom stereocenters. The first-order valence-corrected chi connectivity index (χ1v) is 9.15. The maximum atomic E-state index is 11.6. The second-order valence-electron chi connectivity index (χ2n) is 5.14. The number of hydrogen-bond donors (Lipinski definition) is 0. The summed E-state index contributed by atoms with van der Waals surface area (Å²) in [6.07, 6.45) is 3.81. The summed E-state index contributed by atoms with van der Waals surface area (Å²) in [5.41, 5.74) is 2.06. The van der Waals surface area contributed by atoms with E-state index in [9.17, 15) is 4.79 Å². The fourth-order valence-electron chi connectivity index (χ4n) is 2.47. The number of rotatable bonds is 5. The Hall–Kier alpha value is -1.31. The van der Waals surface area contributed by atoms with Crippen molar-refractivity contribution in [3.63, 3.8) is 0 Å². The fraction of sp³-hybridized carbons (Fsp3) is 0.467. The Morgan fingerprint density at radius 3 is 3.27 bits per heavy atom. The van der Waals surface area contributed by atoms with Gasteiger partial charge in [-0.2, -0.15) is 11.8 Å². The molecule has 2 aromatic rings. The maximum absolute atomic E-state index is 11.6. The fourth-order valence-corrected chi connectivity index (χ4v) is 4.40. The van der Waals surface area contributed by atoms with Crippen molar-refractivity contribution >= 4 is 29.1 Å². The SMILES string of the molecule is COC(=O)CC1CSCCN1Cc1csc(-c2ccoc2)n1. The highest BCUT2D eigenvalue weighted by Gasteiger charge is 2.26. The molecule has 2 aromatic heterocycles. The van der Waals surface area contributed by atoms with Gasteiger partial charge in [0.05, 0.1) is 25.5 Å². The van der Waals surface area contributed by atoms with Crippen LogP contribution in [0.15, 0.2) is 28.4 Å². The van der Waals surface area contributed by atoms with Gasteiger partial charge in [0, 0.05) is 41.6 Å². The van der Waals surface area contributed by atoms with Crippen molar-refractivity contribution in [1.82, 2.24) is 9.88 Å². The third-order valence-corrected chi connectivity index (χ3v) is 5.70. The molecule has 7 heteroatoms. The Bertz CT molecular complexity index is 612. The first-order chi connectivity index (χ1) is 10.8. The lowest BCUT2D eigenvalue weighted by Crippen LogP contribution is -2.43. The average Bonchev–Trinajstić information content (AvgIpc) is 3.20. The number of thiazole rings is 1. The van der Waals surface area contributed by atoms with Gasteiger partial charge in [-0.1, -0.05) is 0 Å². The lowest BCUT2D eigenvalue weighted by molar-refractivity contribution is -0.141. The van der Waals surface area contributed by atoms with Crippen molar-refractivity contribution in [2.45, 2.75) is 19.0 Å². The normalized spacial score (nSPS) is 19.2. The number of nitrogens with zero attached hydrogens (tertiary/aromatic N) is 2. The van der Waals surface area contributed by atoms with E-state index < -0.39 is 0 Å². The molecular formula is C15H18N2O3S2. The van der Waals surface area contributed by atoms with E-state index in [1.807, 2.05) is 17.8 Å². The van der Waals surface area contributed by atoms with Crippen molar-refractivity contribution in [3.8, 4) is 10.6 Å². The molecule has 1 atom stereocenters. The number of ether oxygens (including phenoxy) is 1. The molecule has 0 aliphatic carbocycles. The molecule has 1 aliphatic heterocycles. The summed E-state index contributed by atoms with van der Waals surface area (Å²) in [5.74, 6) is 1.92. The number of carbonyl (C=O) groups is 1. The smallest absolute Gasteiger partial charge is 0.307 e. The maximum Gasteiger partial charge on any atom is 0.307 e. The third kappa shape index (κ3) is 3.71. The summed E-state index contributed by atoms with van der Waals surface area (Å²) in [6.45, 7) is 1.75. The molecule has 0 spiro atoms. The highest BCUT2D eigenvalue weighted by Crippen LogP contribution is 2.26. The van der Waals surface area contributed by atoms with Crippen LogP contribution < -0.4 is 0 Å². The lowest BCUT2D eigenvalue weighted by atomic mass is 10.2. The van der Waals surface area contributed by atoms with Crippen LogP contribution in [-0.2, 0) is 16.1 Å². The van der Waals surface area contributed by atoms with Gasteiger partial charge in [0.25, 0.3) is 0 Å². The van der Waals surface area contributed by atoms with Crippen LogP contribution in [-0.4, -0.2) is 47.1 Å². The second kappa shape index (κ2) is 7.30. The highest BCUT2D eigenvalue weighted by atomic mass is 32.2.